The molecule has 4 aromatic carbocycles. The van der Waals surface area contributed by atoms with E-state index < -0.39 is 0 Å². The van der Waals surface area contributed by atoms with E-state index in [0.717, 1.165) is 29.3 Å². The van der Waals surface area contributed by atoms with Crippen molar-refractivity contribution in [3.63, 3.8) is 0 Å². The van der Waals surface area contributed by atoms with E-state index >= 15 is 0 Å². The van der Waals surface area contributed by atoms with Gasteiger partial charge in [-0.1, -0.05) is 99.2 Å². The van der Waals surface area contributed by atoms with E-state index in [-0.39, 0.29) is 35.6 Å². The topological polar surface area (TPSA) is 0 Å². The van der Waals surface area contributed by atoms with Crippen LogP contribution in [0.3, 0.4) is 0 Å². The number of hydrogen-bond acceptors (Lipinski definition) is 0. The van der Waals surface area contributed by atoms with Gasteiger partial charge in [-0.2, -0.15) is 101 Å². The van der Waals surface area contributed by atoms with Gasteiger partial charge < -0.3 is 0 Å². The van der Waals surface area contributed by atoms with Crippen LogP contribution in [0.25, 0.3) is 22.3 Å². The molecule has 0 heterocycles. The van der Waals surface area contributed by atoms with Crippen molar-refractivity contribution >= 4 is 63.4 Å². The first kappa shape index (κ1) is 47.8. The van der Waals surface area contributed by atoms with Gasteiger partial charge in [0.1, 0.15) is 0 Å². The molecule has 0 bridgehead atoms. The van der Waals surface area contributed by atoms with Gasteiger partial charge in [-0.05, 0) is 70.2 Å². The summed E-state index contributed by atoms with van der Waals surface area (Å²) in [6.07, 6.45) is 17.8. The third-order valence-corrected chi connectivity index (χ3v) is 10.5. The Morgan fingerprint density at radius 3 is 1.67 bits per heavy atom. The molecular weight excluding hydrogens is 822 g/mol. The molecule has 0 aliphatic heterocycles. The molecule has 5 heteroatoms. The van der Waals surface area contributed by atoms with Crippen LogP contribution in [0.2, 0.25) is 10.0 Å². The van der Waals surface area contributed by atoms with Crippen LogP contribution < -0.4 is 0 Å². The fourth-order valence-electron chi connectivity index (χ4n) is 6.84. The number of rotatable bonds is 0. The summed E-state index contributed by atoms with van der Waals surface area (Å²) in [4.78, 5) is 0. The summed E-state index contributed by atoms with van der Waals surface area (Å²) >= 11 is 12.3. The molecule has 4 aliphatic rings. The van der Waals surface area contributed by atoms with E-state index in [4.69, 9.17) is 23.2 Å². The van der Waals surface area contributed by atoms with Crippen molar-refractivity contribution in [3.8, 4) is 11.1 Å². The zero-order valence-corrected chi connectivity index (χ0v) is 38.8. The normalized spacial score (nSPS) is 15.6. The molecule has 0 saturated carbocycles. The van der Waals surface area contributed by atoms with E-state index in [1.165, 1.54) is 85.5 Å². The molecule has 286 valence electrons. The van der Waals surface area contributed by atoms with E-state index in [2.05, 4.69) is 140 Å². The first-order chi connectivity index (χ1) is 24.6. The second-order valence-corrected chi connectivity index (χ2v) is 16.8. The van der Waals surface area contributed by atoms with Gasteiger partial charge in [-0.15, -0.1) is 43.7 Å². The molecule has 0 nitrogen and oxygen atoms in total. The molecule has 0 atom stereocenters. The van der Waals surface area contributed by atoms with Crippen LogP contribution in [0.4, 0.5) is 0 Å². The molecule has 0 saturated heterocycles. The van der Waals surface area contributed by atoms with Gasteiger partial charge in [0.15, 0.2) is 0 Å². The third kappa shape index (κ3) is 12.1. The molecule has 0 N–H and O–H groups in total. The average Bonchev–Trinajstić information content (AvgIpc) is 3.79. The molecule has 4 aliphatic carbocycles. The number of hydrogen-bond donors (Lipinski definition) is 0. The van der Waals surface area contributed by atoms with Crippen molar-refractivity contribution in [3.05, 3.63) is 171 Å². The Morgan fingerprint density at radius 1 is 0.741 bits per heavy atom. The zero-order chi connectivity index (χ0) is 38.3. The van der Waals surface area contributed by atoms with E-state index in [1.54, 1.807) is 12.1 Å². The summed E-state index contributed by atoms with van der Waals surface area (Å²) in [5, 5.41) is 1.48. The van der Waals surface area contributed by atoms with Crippen LogP contribution in [0.15, 0.2) is 103 Å². The maximum atomic E-state index is 5.51. The van der Waals surface area contributed by atoms with Gasteiger partial charge in [0, 0.05) is 0 Å². The SMILES string of the molecule is CC(C)(C)C1=CC[C-]=C1.CC1=C[CH-]C(C)(C)c2cc3c(cc21)-c1cc2c(cc1C3)C(C)(C)CC=C2C.Cl.Cl.Clc1c[c-]ccc1.Clc1c[c-]ccc1.[CH2]=[Zr]. The Hall–Kier alpha value is -2.38. The number of benzene rings is 4. The average molecular weight is 876 g/mol. The predicted molar refractivity (Wildman–Crippen MR) is 239 cm³/mol. The maximum absolute atomic E-state index is 5.51. The van der Waals surface area contributed by atoms with E-state index in [1.807, 2.05) is 36.4 Å². The van der Waals surface area contributed by atoms with E-state index in [0.29, 0.717) is 5.41 Å². The first-order valence-electron chi connectivity index (χ1n) is 18.0. The van der Waals surface area contributed by atoms with Crippen molar-refractivity contribution in [2.24, 2.45) is 5.41 Å². The van der Waals surface area contributed by atoms with Crippen LogP contribution in [0, 0.1) is 30.0 Å². The van der Waals surface area contributed by atoms with Crippen molar-refractivity contribution in [1.82, 2.24) is 0 Å². The molecule has 0 spiro atoms. The first-order valence-corrected chi connectivity index (χ1v) is 20.5. The minimum atomic E-state index is 0. The van der Waals surface area contributed by atoms with Crippen LogP contribution >= 0.6 is 48.0 Å². The van der Waals surface area contributed by atoms with Gasteiger partial charge in [0.2, 0.25) is 0 Å². The molecule has 54 heavy (non-hydrogen) atoms. The minimum absolute atomic E-state index is 0. The van der Waals surface area contributed by atoms with Gasteiger partial charge in [0.05, 0.1) is 0 Å². The van der Waals surface area contributed by atoms with Crippen molar-refractivity contribution < 1.29 is 24.2 Å². The molecule has 0 radical (unpaired) electrons. The fraction of sp³-hybridized carbons (Fsp3) is 0.306. The van der Waals surface area contributed by atoms with Gasteiger partial charge in [-0.3, -0.25) is 6.08 Å². The molecule has 0 fully saturated rings. The van der Waals surface area contributed by atoms with Crippen LogP contribution in [0.1, 0.15) is 109 Å². The quantitative estimate of drug-likeness (QED) is 0.136. The van der Waals surface area contributed by atoms with Crippen molar-refractivity contribution in [2.75, 3.05) is 0 Å². The molecule has 8 rings (SSSR count). The Kier molecular flexibility index (Phi) is 18.3. The van der Waals surface area contributed by atoms with Gasteiger partial charge >= 0.3 is 28.4 Å². The van der Waals surface area contributed by atoms with Crippen molar-refractivity contribution in [2.45, 2.75) is 92.4 Å². The van der Waals surface area contributed by atoms with Crippen LogP contribution in [0.5, 0.6) is 0 Å². The monoisotopic (exact) mass is 872 g/mol. The van der Waals surface area contributed by atoms with Gasteiger partial charge in [-0.25, -0.2) is 18.6 Å². The molecule has 0 unspecified atom stereocenters. The van der Waals surface area contributed by atoms with Crippen molar-refractivity contribution in [1.29, 1.82) is 0 Å². The summed E-state index contributed by atoms with van der Waals surface area (Å²) in [7, 11) is 0. The zero-order valence-electron chi connectivity index (χ0n) is 33.2. The standard InChI is InChI=1S/C27H29.C9H13.2C6H4Cl.CH2.2ClH.Zr/c1-16-7-9-26(3,4)24-12-18-11-19-13-25-21(17(2)8-10-27(25,5)6)15-23(19)22(18)14-20(16)24;1-9(2,3)8-6-4-5-7-8;2*7-6-4-2-1-3-5-6;;;;/h7-9,12-15H,10-11H2,1-6H3;6-7H,4H2,1-3H3;2*1-2,4-5H;1H2;2*1H;/q4*-1;;;;. The Labute approximate surface area is 364 Å². The van der Waals surface area contributed by atoms with Crippen LogP contribution in [-0.2, 0) is 41.5 Å². The Balaban J connectivity index is 0.000000305. The molecule has 4 aromatic rings. The summed E-state index contributed by atoms with van der Waals surface area (Å²) < 4.78 is 3.34. The fourth-order valence-corrected chi connectivity index (χ4v) is 7.11. The predicted octanol–water partition coefficient (Wildman–Crippen LogP) is 15.1. The van der Waals surface area contributed by atoms with Crippen LogP contribution in [-0.4, -0.2) is 4.21 Å². The summed E-state index contributed by atoms with van der Waals surface area (Å²) in [6.45, 7) is 20.6. The molecule has 0 amide bonds. The number of allylic oxidation sites excluding steroid dienone is 8. The second kappa shape index (κ2) is 20.7. The molecule has 0 aromatic heterocycles. The summed E-state index contributed by atoms with van der Waals surface area (Å²) in [6, 6.07) is 30.0. The Bertz CT molecular complexity index is 1850. The second-order valence-electron chi connectivity index (χ2n) is 15.9. The third-order valence-electron chi connectivity index (χ3n) is 10.0. The summed E-state index contributed by atoms with van der Waals surface area (Å²) in [5.41, 5.74) is 16.7. The Morgan fingerprint density at radius 2 is 1.26 bits per heavy atom. The molecular formula is C49H54Cl4Zr-4. The number of halogens is 4. The van der Waals surface area contributed by atoms with E-state index in [9.17, 15) is 0 Å². The summed E-state index contributed by atoms with van der Waals surface area (Å²) in [5.74, 6) is 0. The number of fused-ring (bicyclic) bond motifs is 5. The van der Waals surface area contributed by atoms with Gasteiger partial charge in [0.25, 0.3) is 0 Å².